The van der Waals surface area contributed by atoms with Crippen molar-refractivity contribution in [3.05, 3.63) is 54.6 Å². The first-order valence-electron chi connectivity index (χ1n) is 7.83. The highest BCUT2D eigenvalue weighted by Gasteiger charge is 2.18. The maximum Gasteiger partial charge on any atom is 0.341 e. The Bertz CT molecular complexity index is 1130. The molecule has 4 aromatic rings. The molecule has 0 fully saturated rings. The van der Waals surface area contributed by atoms with Crippen LogP contribution in [0.25, 0.3) is 16.7 Å². The van der Waals surface area contributed by atoms with E-state index >= 15 is 0 Å². The van der Waals surface area contributed by atoms with Gasteiger partial charge in [-0.3, -0.25) is 4.98 Å². The molecule has 0 aliphatic rings. The fraction of sp³-hybridized carbons (Fsp3) is 0.0588. The second-order valence-corrected chi connectivity index (χ2v) is 6.16. The Morgan fingerprint density at radius 1 is 1.15 bits per heavy atom. The minimum absolute atomic E-state index is 0.0362. The summed E-state index contributed by atoms with van der Waals surface area (Å²) in [6.45, 7) is 0. The number of aromatic carboxylic acids is 1. The predicted octanol–water partition coefficient (Wildman–Crippen LogP) is 2.77. The van der Waals surface area contributed by atoms with Gasteiger partial charge in [-0.05, 0) is 18.4 Å². The van der Waals surface area contributed by atoms with Gasteiger partial charge < -0.3 is 10.4 Å². The van der Waals surface area contributed by atoms with E-state index in [0.717, 1.165) is 10.9 Å². The number of nitrogens with zero attached hydrogens (tertiary/aromatic N) is 6. The number of nitrogens with one attached hydrogen (secondary N) is 1. The molecule has 0 saturated heterocycles. The van der Waals surface area contributed by atoms with E-state index in [0.29, 0.717) is 16.8 Å². The number of thioether (sulfide) groups is 1. The first kappa shape index (κ1) is 16.9. The van der Waals surface area contributed by atoms with E-state index in [2.05, 4.69) is 30.4 Å². The van der Waals surface area contributed by atoms with E-state index < -0.39 is 5.97 Å². The molecule has 0 unspecified atom stereocenters. The average molecular weight is 379 g/mol. The number of anilines is 2. The zero-order valence-electron chi connectivity index (χ0n) is 14.1. The van der Waals surface area contributed by atoms with Crippen molar-refractivity contribution in [3.8, 4) is 5.82 Å². The normalized spacial score (nSPS) is 10.9. The third kappa shape index (κ3) is 3.17. The highest BCUT2D eigenvalue weighted by molar-refractivity contribution is 7.98. The number of fused-ring (bicyclic) bond motifs is 1. The Kier molecular flexibility index (Phi) is 4.38. The number of hydrogen-bond acceptors (Lipinski definition) is 8. The van der Waals surface area contributed by atoms with Crippen molar-refractivity contribution in [3.63, 3.8) is 0 Å². The second-order valence-electron chi connectivity index (χ2n) is 5.39. The summed E-state index contributed by atoms with van der Waals surface area (Å²) in [6, 6.07) is 7.55. The number of carbonyl (C=O) groups is 1. The Morgan fingerprint density at radius 3 is 2.74 bits per heavy atom. The maximum absolute atomic E-state index is 11.5. The number of carboxylic acids is 1. The summed E-state index contributed by atoms with van der Waals surface area (Å²) < 4.78 is 1.64. The quantitative estimate of drug-likeness (QED) is 0.398. The Labute approximate surface area is 157 Å². The molecular weight excluding hydrogens is 366 g/mol. The summed E-state index contributed by atoms with van der Waals surface area (Å²) in [4.78, 5) is 28.2. The minimum atomic E-state index is -1.12. The summed E-state index contributed by atoms with van der Waals surface area (Å²) in [5, 5.41) is 18.3. The Balaban J connectivity index is 1.86. The second kappa shape index (κ2) is 7.00. The number of para-hydroxylation sites is 1. The van der Waals surface area contributed by atoms with Crippen LogP contribution < -0.4 is 5.32 Å². The molecule has 0 bridgehead atoms. The van der Waals surface area contributed by atoms with Gasteiger partial charge in [0.1, 0.15) is 5.56 Å². The number of carboxylic acid groups (broad SMARTS) is 1. The van der Waals surface area contributed by atoms with Crippen LogP contribution in [-0.4, -0.2) is 47.0 Å². The largest absolute Gasteiger partial charge is 0.477 e. The monoisotopic (exact) mass is 379 g/mol. The molecule has 0 atom stereocenters. The van der Waals surface area contributed by atoms with Gasteiger partial charge in [-0.2, -0.15) is 0 Å². The minimum Gasteiger partial charge on any atom is -0.477 e. The third-order valence-corrected chi connectivity index (χ3v) is 4.33. The van der Waals surface area contributed by atoms with Crippen LogP contribution in [0.2, 0.25) is 0 Å². The summed E-state index contributed by atoms with van der Waals surface area (Å²) in [5.41, 5.74) is 0.766. The molecule has 0 amide bonds. The van der Waals surface area contributed by atoms with Gasteiger partial charge in [0.15, 0.2) is 22.6 Å². The molecule has 2 N–H and O–H groups in total. The molecular formula is C17H13N7O2S. The summed E-state index contributed by atoms with van der Waals surface area (Å²) >= 11 is 1.32. The van der Waals surface area contributed by atoms with Crippen molar-refractivity contribution in [2.75, 3.05) is 11.6 Å². The van der Waals surface area contributed by atoms with Crippen LogP contribution in [0, 0.1) is 0 Å². The molecule has 134 valence electrons. The molecule has 0 radical (unpaired) electrons. The fourth-order valence-corrected chi connectivity index (χ4v) is 2.90. The molecule has 9 nitrogen and oxygen atoms in total. The topological polar surface area (TPSA) is 119 Å². The van der Waals surface area contributed by atoms with E-state index in [9.17, 15) is 9.90 Å². The molecule has 4 rings (SSSR count). The average Bonchev–Trinajstić information content (AvgIpc) is 3.07. The number of aromatic nitrogens is 6. The third-order valence-electron chi connectivity index (χ3n) is 3.77. The van der Waals surface area contributed by atoms with Crippen LogP contribution in [0.1, 0.15) is 10.4 Å². The zero-order valence-corrected chi connectivity index (χ0v) is 14.9. The van der Waals surface area contributed by atoms with Crippen LogP contribution >= 0.6 is 11.8 Å². The van der Waals surface area contributed by atoms with Crippen LogP contribution in [0.3, 0.4) is 0 Å². The van der Waals surface area contributed by atoms with Gasteiger partial charge in [-0.25, -0.2) is 24.4 Å². The van der Waals surface area contributed by atoms with Crippen LogP contribution in [0.15, 0.2) is 54.2 Å². The molecule has 0 aliphatic carbocycles. The predicted molar refractivity (Wildman–Crippen MR) is 101 cm³/mol. The molecule has 0 spiro atoms. The van der Waals surface area contributed by atoms with Crippen LogP contribution in [-0.2, 0) is 0 Å². The van der Waals surface area contributed by atoms with Crippen molar-refractivity contribution in [2.45, 2.75) is 5.16 Å². The SMILES string of the molecule is CSc1ncc(C(=O)O)c(Nc2nn(-c3cnccn3)c3ccccc23)n1. The molecule has 3 heterocycles. The van der Waals surface area contributed by atoms with E-state index in [1.165, 1.54) is 18.0 Å². The zero-order chi connectivity index (χ0) is 18.8. The summed E-state index contributed by atoms with van der Waals surface area (Å²) in [5.74, 6) is 0.0661. The van der Waals surface area contributed by atoms with E-state index in [1.807, 2.05) is 30.5 Å². The smallest absolute Gasteiger partial charge is 0.341 e. The maximum atomic E-state index is 11.5. The lowest BCUT2D eigenvalue weighted by Crippen LogP contribution is -2.07. The van der Waals surface area contributed by atoms with Gasteiger partial charge in [0.2, 0.25) is 0 Å². The molecule has 27 heavy (non-hydrogen) atoms. The molecule has 1 aromatic carbocycles. The molecule has 0 aliphatic heterocycles. The standard InChI is InChI=1S/C17H13N7O2S/c1-27-17-20-8-11(16(25)26)14(22-17)21-15-10-4-2-3-5-12(10)24(23-15)13-9-18-6-7-19-13/h2-9H,1H3,(H,25,26)(H,20,21,22,23). The summed E-state index contributed by atoms with van der Waals surface area (Å²) in [6.07, 6.45) is 7.86. The van der Waals surface area contributed by atoms with Gasteiger partial charge >= 0.3 is 5.97 Å². The number of benzene rings is 1. The summed E-state index contributed by atoms with van der Waals surface area (Å²) in [7, 11) is 0. The van der Waals surface area contributed by atoms with Gasteiger partial charge in [0.25, 0.3) is 0 Å². The molecule has 0 saturated carbocycles. The van der Waals surface area contributed by atoms with Crippen molar-refractivity contribution < 1.29 is 9.90 Å². The van der Waals surface area contributed by atoms with Gasteiger partial charge in [-0.1, -0.05) is 23.9 Å². The first-order valence-corrected chi connectivity index (χ1v) is 9.05. The highest BCUT2D eigenvalue weighted by Crippen LogP contribution is 2.28. The van der Waals surface area contributed by atoms with Crippen molar-refractivity contribution in [1.29, 1.82) is 0 Å². The van der Waals surface area contributed by atoms with Gasteiger partial charge in [0.05, 0.1) is 11.7 Å². The van der Waals surface area contributed by atoms with E-state index in [-0.39, 0.29) is 11.4 Å². The molecule has 3 aromatic heterocycles. The first-order chi connectivity index (χ1) is 13.2. The lowest BCUT2D eigenvalue weighted by molar-refractivity contribution is 0.0697. The van der Waals surface area contributed by atoms with Gasteiger partial charge in [0, 0.05) is 24.0 Å². The van der Waals surface area contributed by atoms with Gasteiger partial charge in [-0.15, -0.1) is 5.10 Å². The van der Waals surface area contributed by atoms with Crippen molar-refractivity contribution in [2.24, 2.45) is 0 Å². The van der Waals surface area contributed by atoms with Crippen molar-refractivity contribution in [1.82, 2.24) is 29.7 Å². The van der Waals surface area contributed by atoms with E-state index in [4.69, 9.17) is 0 Å². The Hall–Kier alpha value is -3.53. The lowest BCUT2D eigenvalue weighted by Gasteiger charge is -2.07. The number of hydrogen-bond donors (Lipinski definition) is 2. The fourth-order valence-electron chi connectivity index (χ4n) is 2.56. The lowest BCUT2D eigenvalue weighted by atomic mass is 10.2. The van der Waals surface area contributed by atoms with Crippen LogP contribution in [0.4, 0.5) is 11.6 Å². The molecule has 10 heteroatoms. The van der Waals surface area contributed by atoms with E-state index in [1.54, 1.807) is 23.3 Å². The Morgan fingerprint density at radius 2 is 2.00 bits per heavy atom. The van der Waals surface area contributed by atoms with Crippen LogP contribution in [0.5, 0.6) is 0 Å². The number of rotatable bonds is 5. The highest BCUT2D eigenvalue weighted by atomic mass is 32.2. The van der Waals surface area contributed by atoms with Crippen molar-refractivity contribution >= 4 is 40.3 Å².